The number of Topliss-reactive ketones (excluding diaryl/α,β-unsaturated/α-hetero) is 1. The van der Waals surface area contributed by atoms with E-state index in [1.165, 1.54) is 0 Å². The highest BCUT2D eigenvalue weighted by molar-refractivity contribution is 6.07. The summed E-state index contributed by atoms with van der Waals surface area (Å²) in [7, 11) is 4.09. The van der Waals surface area contributed by atoms with Gasteiger partial charge in [0, 0.05) is 34.6 Å². The van der Waals surface area contributed by atoms with E-state index in [1.807, 2.05) is 74.8 Å². The van der Waals surface area contributed by atoms with Crippen LogP contribution >= 0.6 is 0 Å². The highest BCUT2D eigenvalue weighted by Crippen LogP contribution is 2.37. The van der Waals surface area contributed by atoms with Gasteiger partial charge in [-0.15, -0.1) is 0 Å². The van der Waals surface area contributed by atoms with Gasteiger partial charge < -0.3 is 14.9 Å². The molecule has 2 aromatic carbocycles. The summed E-state index contributed by atoms with van der Waals surface area (Å²) in [5.74, 6) is 0.153. The van der Waals surface area contributed by atoms with Crippen LogP contribution in [0, 0.1) is 0 Å². The zero-order chi connectivity index (χ0) is 21.8. The van der Waals surface area contributed by atoms with Gasteiger partial charge in [-0.1, -0.05) is 30.3 Å². The van der Waals surface area contributed by atoms with Crippen LogP contribution in [0.4, 0.5) is 0 Å². The molecule has 0 bridgehead atoms. The van der Waals surface area contributed by atoms with Crippen molar-refractivity contribution in [2.24, 2.45) is 0 Å². The van der Waals surface area contributed by atoms with Gasteiger partial charge in [0.05, 0.1) is 11.3 Å². The third-order valence-corrected chi connectivity index (χ3v) is 5.53. The van der Waals surface area contributed by atoms with Gasteiger partial charge >= 0.3 is 0 Å². The molecule has 2 N–H and O–H groups in total. The van der Waals surface area contributed by atoms with E-state index in [2.05, 4.69) is 14.9 Å². The Bertz CT molecular complexity index is 1250. The van der Waals surface area contributed by atoms with E-state index in [0.717, 1.165) is 47.1 Å². The van der Waals surface area contributed by atoms with Crippen molar-refractivity contribution in [3.63, 3.8) is 0 Å². The Hall–Kier alpha value is -3.44. The van der Waals surface area contributed by atoms with Crippen molar-refractivity contribution in [2.45, 2.75) is 19.3 Å². The van der Waals surface area contributed by atoms with E-state index in [-0.39, 0.29) is 11.3 Å². The number of rotatable bonds is 8. The number of unbranched alkanes of at least 4 members (excludes halogenated alkanes) is 1. The van der Waals surface area contributed by atoms with E-state index < -0.39 is 0 Å². The molecule has 0 fully saturated rings. The lowest BCUT2D eigenvalue weighted by atomic mass is 9.96. The number of nitrogens with zero attached hydrogens (tertiary/aromatic N) is 1. The molecule has 158 valence electrons. The lowest BCUT2D eigenvalue weighted by Gasteiger charge is -2.08. The maximum Gasteiger partial charge on any atom is 0.257 e. The third-order valence-electron chi connectivity index (χ3n) is 5.53. The molecule has 0 saturated heterocycles. The largest absolute Gasteiger partial charge is 0.354 e. The first-order valence-corrected chi connectivity index (χ1v) is 10.6. The average molecular weight is 414 g/mol. The first-order valence-electron chi connectivity index (χ1n) is 10.6. The second-order valence-electron chi connectivity index (χ2n) is 8.10. The van der Waals surface area contributed by atoms with Crippen LogP contribution in [0.5, 0.6) is 0 Å². The Balaban J connectivity index is 1.77. The fourth-order valence-corrected chi connectivity index (χ4v) is 3.95. The molecule has 0 spiro atoms. The Morgan fingerprint density at radius 3 is 2.52 bits per heavy atom. The van der Waals surface area contributed by atoms with Gasteiger partial charge in [-0.2, -0.15) is 0 Å². The number of carbonyl (C=O) groups excluding carboxylic acids is 1. The highest BCUT2D eigenvalue weighted by Gasteiger charge is 2.18. The van der Waals surface area contributed by atoms with Crippen molar-refractivity contribution in [1.82, 2.24) is 14.9 Å². The summed E-state index contributed by atoms with van der Waals surface area (Å²) >= 11 is 0. The van der Waals surface area contributed by atoms with E-state index in [4.69, 9.17) is 0 Å². The predicted octanol–water partition coefficient (Wildman–Crippen LogP) is 5.10. The first kappa shape index (κ1) is 20.8. The van der Waals surface area contributed by atoms with E-state index in [9.17, 15) is 9.59 Å². The van der Waals surface area contributed by atoms with Crippen LogP contribution in [0.2, 0.25) is 0 Å². The van der Waals surface area contributed by atoms with E-state index in [1.54, 1.807) is 6.20 Å². The number of hydrogen-bond donors (Lipinski definition) is 2. The molecule has 0 radical (unpaired) electrons. The topological polar surface area (TPSA) is 69.0 Å². The van der Waals surface area contributed by atoms with Gasteiger partial charge in [0.15, 0.2) is 5.78 Å². The van der Waals surface area contributed by atoms with Gasteiger partial charge in [-0.25, -0.2) is 0 Å². The van der Waals surface area contributed by atoms with Crippen molar-refractivity contribution < 1.29 is 4.79 Å². The molecule has 0 amide bonds. The normalized spacial score (nSPS) is 11.3. The molecular formula is C26H27N3O2. The average Bonchev–Trinajstić information content (AvgIpc) is 3.15. The summed E-state index contributed by atoms with van der Waals surface area (Å²) in [6, 6.07) is 19.4. The molecule has 2 aromatic heterocycles. The van der Waals surface area contributed by atoms with Crippen molar-refractivity contribution in [3.8, 4) is 22.4 Å². The van der Waals surface area contributed by atoms with E-state index in [0.29, 0.717) is 17.5 Å². The number of benzene rings is 2. The lowest BCUT2D eigenvalue weighted by Crippen LogP contribution is -2.13. The summed E-state index contributed by atoms with van der Waals surface area (Å²) in [4.78, 5) is 33.7. The van der Waals surface area contributed by atoms with Crippen LogP contribution in [0.3, 0.4) is 0 Å². The second kappa shape index (κ2) is 9.14. The summed E-state index contributed by atoms with van der Waals surface area (Å²) in [5.41, 5.74) is 4.75. The molecule has 5 nitrogen and oxygen atoms in total. The minimum atomic E-state index is -0.150. The first-order chi connectivity index (χ1) is 15.0. The molecular weight excluding hydrogens is 386 g/mol. The molecule has 0 aliphatic carbocycles. The second-order valence-corrected chi connectivity index (χ2v) is 8.10. The van der Waals surface area contributed by atoms with Crippen LogP contribution in [0.1, 0.15) is 29.6 Å². The van der Waals surface area contributed by atoms with Gasteiger partial charge in [-0.05, 0) is 69.4 Å². The van der Waals surface area contributed by atoms with Crippen molar-refractivity contribution in [2.75, 3.05) is 20.6 Å². The predicted molar refractivity (Wildman–Crippen MR) is 127 cm³/mol. The van der Waals surface area contributed by atoms with Crippen LogP contribution < -0.4 is 5.56 Å². The fraction of sp³-hybridized carbons (Fsp3) is 0.231. The van der Waals surface area contributed by atoms with E-state index >= 15 is 0 Å². The Kier molecular flexibility index (Phi) is 6.14. The number of aromatic nitrogens is 2. The molecule has 31 heavy (non-hydrogen) atoms. The number of H-pyrrole nitrogens is 2. The fourth-order valence-electron chi connectivity index (χ4n) is 3.95. The molecule has 0 atom stereocenters. The molecule has 2 heterocycles. The summed E-state index contributed by atoms with van der Waals surface area (Å²) in [5, 5.41) is 0.948. The lowest BCUT2D eigenvalue weighted by molar-refractivity contribution is 0.0978. The molecule has 0 unspecified atom stereocenters. The highest BCUT2D eigenvalue weighted by atomic mass is 16.1. The third kappa shape index (κ3) is 4.52. The zero-order valence-electron chi connectivity index (χ0n) is 17.9. The minimum absolute atomic E-state index is 0.150. The number of pyridine rings is 1. The number of nitrogens with one attached hydrogen (secondary N) is 2. The Morgan fingerprint density at radius 2 is 1.77 bits per heavy atom. The van der Waals surface area contributed by atoms with Gasteiger partial charge in [0.2, 0.25) is 0 Å². The van der Waals surface area contributed by atoms with Crippen LogP contribution in [-0.2, 0) is 0 Å². The smallest absolute Gasteiger partial charge is 0.257 e. The molecule has 0 aliphatic heterocycles. The van der Waals surface area contributed by atoms with Crippen LogP contribution in [0.15, 0.2) is 71.7 Å². The molecule has 4 rings (SSSR count). The van der Waals surface area contributed by atoms with Gasteiger partial charge in [0.1, 0.15) is 0 Å². The van der Waals surface area contributed by atoms with Crippen LogP contribution in [-0.4, -0.2) is 41.3 Å². The summed E-state index contributed by atoms with van der Waals surface area (Å²) < 4.78 is 0. The molecule has 4 aromatic rings. The molecule has 0 saturated carbocycles. The quantitative estimate of drug-likeness (QED) is 0.312. The summed E-state index contributed by atoms with van der Waals surface area (Å²) in [6.07, 6.45) is 4.04. The Morgan fingerprint density at radius 1 is 0.968 bits per heavy atom. The summed E-state index contributed by atoms with van der Waals surface area (Å²) in [6.45, 7) is 0.983. The van der Waals surface area contributed by atoms with Gasteiger partial charge in [-0.3, -0.25) is 9.59 Å². The van der Waals surface area contributed by atoms with Crippen molar-refractivity contribution in [1.29, 1.82) is 0 Å². The number of hydrogen-bond acceptors (Lipinski definition) is 3. The number of ketones is 1. The van der Waals surface area contributed by atoms with Crippen LogP contribution in [0.25, 0.3) is 33.3 Å². The van der Waals surface area contributed by atoms with Gasteiger partial charge in [0.25, 0.3) is 5.56 Å². The standard InChI is InChI=1S/C26H27N3O2/c1-29(2)16-7-6-12-23(30)19-13-14-22-21(17-19)24(18-9-4-3-5-10-18)25(28-22)20-11-8-15-27-26(20)31/h3-5,8-11,13-15,17,28H,6-7,12,16H2,1-2H3,(H,27,31). The van der Waals surface area contributed by atoms with Crippen molar-refractivity contribution >= 4 is 16.7 Å². The Labute approximate surface area is 181 Å². The number of fused-ring (bicyclic) bond motifs is 1. The maximum absolute atomic E-state index is 12.8. The molecule has 5 heteroatoms. The number of aromatic amines is 2. The minimum Gasteiger partial charge on any atom is -0.354 e. The SMILES string of the molecule is CN(C)CCCCC(=O)c1ccc2[nH]c(-c3ccc[nH]c3=O)c(-c3ccccc3)c2c1. The monoisotopic (exact) mass is 413 g/mol. The maximum atomic E-state index is 12.8. The zero-order valence-corrected chi connectivity index (χ0v) is 17.9. The number of carbonyl (C=O) groups is 1. The van der Waals surface area contributed by atoms with Crippen molar-refractivity contribution in [3.05, 3.63) is 82.8 Å². The molecule has 0 aliphatic rings.